The quantitative estimate of drug-likeness (QED) is 0.763. The van der Waals surface area contributed by atoms with Crippen LogP contribution in [0.4, 0.5) is 0 Å². The van der Waals surface area contributed by atoms with Crippen LogP contribution in [-0.4, -0.2) is 53.7 Å². The van der Waals surface area contributed by atoms with E-state index in [0.717, 1.165) is 13.0 Å². The standard InChI is InChI=1S/C16H23N3O2/c1-4-13(2)19(3)11-10-18-16(21)15-14(8-6-12-20)7-5-9-17-15/h5,7,9,13,20H,4,10-12H2,1-3H3,(H,18,21). The minimum Gasteiger partial charge on any atom is -0.384 e. The number of aliphatic hydroxyl groups is 1. The molecule has 1 amide bonds. The van der Waals surface area contributed by atoms with E-state index in [9.17, 15) is 4.79 Å². The van der Waals surface area contributed by atoms with Crippen LogP contribution in [0.2, 0.25) is 0 Å². The zero-order valence-corrected chi connectivity index (χ0v) is 12.9. The Hall–Kier alpha value is -1.90. The molecule has 0 bridgehead atoms. The average molecular weight is 289 g/mol. The summed E-state index contributed by atoms with van der Waals surface area (Å²) in [7, 11) is 2.04. The molecule has 5 nitrogen and oxygen atoms in total. The number of carbonyl (C=O) groups excluding carboxylic acids is 1. The third kappa shape index (κ3) is 5.54. The number of aromatic nitrogens is 1. The molecule has 1 rings (SSSR count). The number of hydrogen-bond donors (Lipinski definition) is 2. The highest BCUT2D eigenvalue weighted by molar-refractivity contribution is 5.94. The Labute approximate surface area is 126 Å². The average Bonchev–Trinajstić information content (AvgIpc) is 2.52. The molecule has 0 radical (unpaired) electrons. The predicted molar refractivity (Wildman–Crippen MR) is 82.9 cm³/mol. The van der Waals surface area contributed by atoms with Crippen LogP contribution in [0.15, 0.2) is 18.3 Å². The second-order valence-corrected chi connectivity index (χ2v) is 4.85. The molecule has 0 saturated heterocycles. The highest BCUT2D eigenvalue weighted by atomic mass is 16.2. The lowest BCUT2D eigenvalue weighted by Crippen LogP contribution is -2.37. The zero-order chi connectivity index (χ0) is 15.7. The molecule has 0 fully saturated rings. The molecule has 1 aromatic heterocycles. The van der Waals surface area contributed by atoms with Gasteiger partial charge in [0.05, 0.1) is 5.56 Å². The molecular weight excluding hydrogens is 266 g/mol. The maximum atomic E-state index is 12.1. The molecule has 1 atom stereocenters. The fourth-order valence-corrected chi connectivity index (χ4v) is 1.78. The first-order chi connectivity index (χ1) is 10.1. The Balaban J connectivity index is 2.60. The number of aliphatic hydroxyl groups excluding tert-OH is 1. The summed E-state index contributed by atoms with van der Waals surface area (Å²) in [5, 5.41) is 11.6. The van der Waals surface area contributed by atoms with Gasteiger partial charge in [-0.05, 0) is 32.5 Å². The van der Waals surface area contributed by atoms with Gasteiger partial charge in [0.25, 0.3) is 5.91 Å². The molecule has 0 saturated carbocycles. The van der Waals surface area contributed by atoms with E-state index in [4.69, 9.17) is 5.11 Å². The van der Waals surface area contributed by atoms with Crippen LogP contribution < -0.4 is 5.32 Å². The van der Waals surface area contributed by atoms with Gasteiger partial charge in [-0.2, -0.15) is 0 Å². The van der Waals surface area contributed by atoms with Gasteiger partial charge in [-0.25, -0.2) is 4.98 Å². The molecule has 0 aromatic carbocycles. The first kappa shape index (κ1) is 17.2. The van der Waals surface area contributed by atoms with Crippen molar-refractivity contribution in [2.45, 2.75) is 26.3 Å². The van der Waals surface area contributed by atoms with Gasteiger partial charge in [0, 0.05) is 25.3 Å². The minimum atomic E-state index is -0.240. The lowest BCUT2D eigenvalue weighted by atomic mass is 10.2. The number of hydrogen-bond acceptors (Lipinski definition) is 4. The number of rotatable bonds is 6. The van der Waals surface area contributed by atoms with Gasteiger partial charge in [0.1, 0.15) is 12.3 Å². The Bertz CT molecular complexity index is 520. The van der Waals surface area contributed by atoms with Crippen molar-refractivity contribution in [1.29, 1.82) is 0 Å². The van der Waals surface area contributed by atoms with E-state index in [-0.39, 0.29) is 12.5 Å². The number of nitrogens with zero attached hydrogens (tertiary/aromatic N) is 2. The van der Waals surface area contributed by atoms with Crippen molar-refractivity contribution in [3.05, 3.63) is 29.6 Å². The summed E-state index contributed by atoms with van der Waals surface area (Å²) in [6.07, 6.45) is 2.63. The topological polar surface area (TPSA) is 65.5 Å². The van der Waals surface area contributed by atoms with Crippen molar-refractivity contribution in [3.8, 4) is 11.8 Å². The molecule has 1 unspecified atom stereocenters. The lowest BCUT2D eigenvalue weighted by Gasteiger charge is -2.23. The van der Waals surface area contributed by atoms with Crippen molar-refractivity contribution in [1.82, 2.24) is 15.2 Å². The fraction of sp³-hybridized carbons (Fsp3) is 0.500. The van der Waals surface area contributed by atoms with Gasteiger partial charge >= 0.3 is 0 Å². The van der Waals surface area contributed by atoms with Gasteiger partial charge in [0.15, 0.2) is 0 Å². The van der Waals surface area contributed by atoms with E-state index in [1.165, 1.54) is 0 Å². The molecule has 0 spiro atoms. The summed E-state index contributed by atoms with van der Waals surface area (Å²) in [6, 6.07) is 3.92. The maximum absolute atomic E-state index is 12.1. The van der Waals surface area contributed by atoms with Crippen molar-refractivity contribution in [2.75, 3.05) is 26.7 Å². The molecule has 0 aliphatic heterocycles. The molecule has 2 N–H and O–H groups in total. The lowest BCUT2D eigenvalue weighted by molar-refractivity contribution is 0.0942. The number of nitrogens with one attached hydrogen (secondary N) is 1. The summed E-state index contributed by atoms with van der Waals surface area (Å²) in [5.74, 6) is 5.03. The molecular formula is C16H23N3O2. The normalized spacial score (nSPS) is 11.7. The Morgan fingerprint density at radius 2 is 2.33 bits per heavy atom. The molecule has 1 heterocycles. The predicted octanol–water partition coefficient (Wildman–Crippen LogP) is 0.885. The molecule has 1 aromatic rings. The van der Waals surface area contributed by atoms with E-state index < -0.39 is 0 Å². The van der Waals surface area contributed by atoms with Crippen molar-refractivity contribution in [3.63, 3.8) is 0 Å². The maximum Gasteiger partial charge on any atom is 0.271 e. The first-order valence-corrected chi connectivity index (χ1v) is 7.13. The summed E-state index contributed by atoms with van der Waals surface area (Å²) in [5.41, 5.74) is 0.823. The largest absolute Gasteiger partial charge is 0.384 e. The molecule has 0 aliphatic carbocycles. The molecule has 0 aliphatic rings. The van der Waals surface area contributed by atoms with Gasteiger partial charge < -0.3 is 15.3 Å². The first-order valence-electron chi connectivity index (χ1n) is 7.13. The number of carbonyl (C=O) groups is 1. The van der Waals surface area contributed by atoms with Crippen LogP contribution in [-0.2, 0) is 0 Å². The van der Waals surface area contributed by atoms with Crippen molar-refractivity contribution < 1.29 is 9.90 Å². The van der Waals surface area contributed by atoms with E-state index in [1.54, 1.807) is 18.3 Å². The van der Waals surface area contributed by atoms with Gasteiger partial charge in [-0.15, -0.1) is 0 Å². The van der Waals surface area contributed by atoms with Crippen LogP contribution in [0.1, 0.15) is 36.3 Å². The second-order valence-electron chi connectivity index (χ2n) is 4.85. The third-order valence-electron chi connectivity index (χ3n) is 3.42. The SMILES string of the molecule is CCC(C)N(C)CCNC(=O)c1ncccc1C#CCO. The number of likely N-dealkylation sites (N-methyl/N-ethyl adjacent to an activating group) is 1. The smallest absolute Gasteiger partial charge is 0.271 e. The van der Waals surface area contributed by atoms with Crippen molar-refractivity contribution in [2.24, 2.45) is 0 Å². The van der Waals surface area contributed by atoms with Gasteiger partial charge in [-0.3, -0.25) is 4.79 Å². The minimum absolute atomic E-state index is 0.240. The van der Waals surface area contributed by atoms with Gasteiger partial charge in [-0.1, -0.05) is 18.8 Å². The molecule has 5 heteroatoms. The van der Waals surface area contributed by atoms with E-state index in [0.29, 0.717) is 23.8 Å². The summed E-state index contributed by atoms with van der Waals surface area (Å²) >= 11 is 0. The van der Waals surface area contributed by atoms with Crippen molar-refractivity contribution >= 4 is 5.91 Å². The van der Waals surface area contributed by atoms with E-state index >= 15 is 0 Å². The highest BCUT2D eigenvalue weighted by Gasteiger charge is 2.12. The van der Waals surface area contributed by atoms with Gasteiger partial charge in [0.2, 0.25) is 0 Å². The number of amides is 1. The monoisotopic (exact) mass is 289 g/mol. The van der Waals surface area contributed by atoms with Crippen LogP contribution in [0, 0.1) is 11.8 Å². The van der Waals surface area contributed by atoms with Crippen LogP contribution in [0.25, 0.3) is 0 Å². The fourth-order valence-electron chi connectivity index (χ4n) is 1.78. The van der Waals surface area contributed by atoms with Crippen LogP contribution >= 0.6 is 0 Å². The number of pyridine rings is 1. The summed E-state index contributed by atoms with van der Waals surface area (Å²) < 4.78 is 0. The second kappa shape index (κ2) is 9.11. The van der Waals surface area contributed by atoms with E-state index in [2.05, 4.69) is 40.9 Å². The van der Waals surface area contributed by atoms with Crippen LogP contribution in [0.5, 0.6) is 0 Å². The third-order valence-corrected chi connectivity index (χ3v) is 3.42. The Kier molecular flexibility index (Phi) is 7.44. The van der Waals surface area contributed by atoms with E-state index in [1.807, 2.05) is 7.05 Å². The molecule has 21 heavy (non-hydrogen) atoms. The summed E-state index contributed by atoms with van der Waals surface area (Å²) in [6.45, 7) is 5.40. The van der Waals surface area contributed by atoms with Crippen LogP contribution in [0.3, 0.4) is 0 Å². The highest BCUT2D eigenvalue weighted by Crippen LogP contribution is 2.03. The Morgan fingerprint density at radius 3 is 3.00 bits per heavy atom. The zero-order valence-electron chi connectivity index (χ0n) is 12.9. The molecule has 114 valence electrons. The summed E-state index contributed by atoms with van der Waals surface area (Å²) in [4.78, 5) is 18.4. The Morgan fingerprint density at radius 1 is 1.57 bits per heavy atom.